The van der Waals surface area contributed by atoms with Crippen LogP contribution in [0.2, 0.25) is 0 Å². The first-order chi connectivity index (χ1) is 19.2. The molecule has 0 radical (unpaired) electrons. The predicted molar refractivity (Wildman–Crippen MR) is 148 cm³/mol. The topological polar surface area (TPSA) is 125 Å². The standard InChI is InChI=1S/C28H28FN5O5S/c1-18-20(16-31-32-30)15-26(39-40(29,36)37)19(2)27(18)33-11-13-34(14-12-33)28(35)38-17-25-23-9-5-3-7-21(23)22-8-4-6-10-24(22)25/h3-10,15,25H,11-14,16-17H2,1-2H3. The maximum atomic E-state index is 13.4. The van der Waals surface area contributed by atoms with Gasteiger partial charge >= 0.3 is 16.6 Å². The van der Waals surface area contributed by atoms with Gasteiger partial charge in [-0.25, -0.2) is 4.79 Å². The van der Waals surface area contributed by atoms with Crippen molar-refractivity contribution >= 4 is 22.3 Å². The van der Waals surface area contributed by atoms with E-state index in [0.717, 1.165) is 27.8 Å². The van der Waals surface area contributed by atoms with Crippen molar-refractivity contribution < 1.29 is 26.0 Å². The van der Waals surface area contributed by atoms with Gasteiger partial charge in [-0.3, -0.25) is 0 Å². The molecule has 1 aliphatic heterocycles. The van der Waals surface area contributed by atoms with Crippen LogP contribution in [0.5, 0.6) is 5.75 Å². The van der Waals surface area contributed by atoms with Crippen molar-refractivity contribution in [3.05, 3.63) is 92.9 Å². The van der Waals surface area contributed by atoms with Crippen LogP contribution >= 0.6 is 0 Å². The first-order valence-electron chi connectivity index (χ1n) is 12.8. The molecular formula is C28H28FN5O5S. The summed E-state index contributed by atoms with van der Waals surface area (Å²) in [6, 6.07) is 17.7. The number of fused-ring (bicyclic) bond motifs is 3. The quantitative estimate of drug-likeness (QED) is 0.155. The molecule has 2 aliphatic rings. The normalized spacial score (nSPS) is 14.8. The van der Waals surface area contributed by atoms with Crippen LogP contribution in [0.3, 0.4) is 0 Å². The van der Waals surface area contributed by atoms with E-state index in [0.29, 0.717) is 43.0 Å². The Morgan fingerprint density at radius 3 is 2.20 bits per heavy atom. The fourth-order valence-corrected chi connectivity index (χ4v) is 6.05. The number of azide groups is 1. The summed E-state index contributed by atoms with van der Waals surface area (Å²) in [5, 5.41) is 3.57. The Labute approximate surface area is 232 Å². The van der Waals surface area contributed by atoms with Crippen LogP contribution < -0.4 is 9.08 Å². The molecular weight excluding hydrogens is 537 g/mol. The number of amides is 1. The minimum absolute atomic E-state index is 0.0352. The Bertz CT molecular complexity index is 1570. The van der Waals surface area contributed by atoms with E-state index in [1.807, 2.05) is 36.1 Å². The van der Waals surface area contributed by atoms with Crippen LogP contribution in [0, 0.1) is 13.8 Å². The number of rotatable bonds is 7. The van der Waals surface area contributed by atoms with Gasteiger partial charge in [0.15, 0.2) is 5.75 Å². The van der Waals surface area contributed by atoms with Crippen molar-refractivity contribution in [2.75, 3.05) is 37.7 Å². The number of carbonyl (C=O) groups excluding carboxylic acids is 1. The van der Waals surface area contributed by atoms with Gasteiger partial charge < -0.3 is 18.7 Å². The largest absolute Gasteiger partial charge is 0.488 e. The summed E-state index contributed by atoms with van der Waals surface area (Å²) in [4.78, 5) is 19.4. The fraction of sp³-hybridized carbons (Fsp3) is 0.321. The highest BCUT2D eigenvalue weighted by molar-refractivity contribution is 7.81. The van der Waals surface area contributed by atoms with Crippen molar-refractivity contribution in [2.24, 2.45) is 5.11 Å². The number of nitrogens with zero attached hydrogens (tertiary/aromatic N) is 5. The third-order valence-corrected chi connectivity index (χ3v) is 7.93. The van der Waals surface area contributed by atoms with Crippen LogP contribution in [0.25, 0.3) is 21.6 Å². The van der Waals surface area contributed by atoms with Crippen LogP contribution in [0.15, 0.2) is 59.7 Å². The van der Waals surface area contributed by atoms with E-state index >= 15 is 0 Å². The highest BCUT2D eigenvalue weighted by Gasteiger charge is 2.31. The molecule has 3 aromatic carbocycles. The number of hydrogen-bond acceptors (Lipinski definition) is 7. The molecule has 0 N–H and O–H groups in total. The summed E-state index contributed by atoms with van der Waals surface area (Å²) in [5.74, 6) is -0.211. The SMILES string of the molecule is Cc1c(CN=[N+]=[N-])cc(OS(=O)(=O)F)c(C)c1N1CCN(C(=O)OCC2c3ccccc3-c3ccccc32)CC1. The molecule has 0 aromatic heterocycles. The zero-order valence-corrected chi connectivity index (χ0v) is 22.9. The number of hydrogen-bond donors (Lipinski definition) is 0. The monoisotopic (exact) mass is 565 g/mol. The summed E-state index contributed by atoms with van der Waals surface area (Å²) in [6.07, 6.45) is -0.403. The molecule has 10 nitrogen and oxygen atoms in total. The van der Waals surface area contributed by atoms with E-state index in [4.69, 9.17) is 10.3 Å². The Hall–Kier alpha value is -4.28. The molecule has 1 saturated heterocycles. The second-order valence-corrected chi connectivity index (χ2v) is 10.7. The molecule has 40 heavy (non-hydrogen) atoms. The van der Waals surface area contributed by atoms with Gasteiger partial charge in [0.2, 0.25) is 0 Å². The lowest BCUT2D eigenvalue weighted by Gasteiger charge is -2.37. The molecule has 5 rings (SSSR count). The van der Waals surface area contributed by atoms with Gasteiger partial charge in [-0.1, -0.05) is 57.5 Å². The molecule has 0 saturated carbocycles. The highest BCUT2D eigenvalue weighted by Crippen LogP contribution is 2.44. The minimum atomic E-state index is -5.26. The predicted octanol–water partition coefficient (Wildman–Crippen LogP) is 5.78. The summed E-state index contributed by atoms with van der Waals surface area (Å²) in [7, 11) is -5.26. The Morgan fingerprint density at radius 1 is 1.02 bits per heavy atom. The summed E-state index contributed by atoms with van der Waals surface area (Å²) < 4.78 is 46.2. The average Bonchev–Trinajstić information content (AvgIpc) is 3.26. The number of halogens is 1. The smallest absolute Gasteiger partial charge is 0.448 e. The van der Waals surface area contributed by atoms with Crippen molar-refractivity contribution in [1.82, 2.24) is 4.90 Å². The lowest BCUT2D eigenvalue weighted by Crippen LogP contribution is -2.49. The third kappa shape index (κ3) is 5.41. The minimum Gasteiger partial charge on any atom is -0.448 e. The maximum Gasteiger partial charge on any atom is 0.488 e. The lowest BCUT2D eigenvalue weighted by atomic mass is 9.98. The van der Waals surface area contributed by atoms with E-state index in [1.54, 1.807) is 11.8 Å². The van der Waals surface area contributed by atoms with Gasteiger partial charge in [0.05, 0.1) is 6.54 Å². The van der Waals surface area contributed by atoms with Crippen molar-refractivity contribution in [3.8, 4) is 16.9 Å². The molecule has 1 amide bonds. The number of ether oxygens (including phenoxy) is 1. The molecule has 208 valence electrons. The molecule has 1 fully saturated rings. The van der Waals surface area contributed by atoms with Gasteiger partial charge in [-0.05, 0) is 58.8 Å². The zero-order valence-electron chi connectivity index (χ0n) is 22.1. The molecule has 0 atom stereocenters. The number of anilines is 1. The fourth-order valence-electron chi connectivity index (χ4n) is 5.66. The second kappa shape index (κ2) is 11.1. The zero-order chi connectivity index (χ0) is 28.4. The molecule has 0 bridgehead atoms. The maximum absolute atomic E-state index is 13.4. The molecule has 1 heterocycles. The number of carbonyl (C=O) groups is 1. The second-order valence-electron chi connectivity index (χ2n) is 9.78. The van der Waals surface area contributed by atoms with Crippen molar-refractivity contribution in [1.29, 1.82) is 0 Å². The Morgan fingerprint density at radius 2 is 1.62 bits per heavy atom. The van der Waals surface area contributed by atoms with Gasteiger partial charge in [-0.15, -0.1) is 0 Å². The molecule has 0 unspecified atom stereocenters. The van der Waals surface area contributed by atoms with E-state index < -0.39 is 16.6 Å². The van der Waals surface area contributed by atoms with Crippen molar-refractivity contribution in [2.45, 2.75) is 26.3 Å². The number of piperazine rings is 1. The van der Waals surface area contributed by atoms with Crippen LogP contribution in [-0.4, -0.2) is 52.2 Å². The van der Waals surface area contributed by atoms with Gasteiger partial charge in [-0.2, -0.15) is 8.42 Å². The van der Waals surface area contributed by atoms with E-state index in [2.05, 4.69) is 38.5 Å². The molecule has 12 heteroatoms. The van der Waals surface area contributed by atoms with Crippen LogP contribution in [-0.2, 0) is 21.8 Å². The van der Waals surface area contributed by atoms with E-state index in [1.165, 1.54) is 6.07 Å². The van der Waals surface area contributed by atoms with Crippen molar-refractivity contribution in [3.63, 3.8) is 0 Å². The van der Waals surface area contributed by atoms with Crippen LogP contribution in [0.1, 0.15) is 33.7 Å². The number of benzene rings is 3. The third-order valence-electron chi connectivity index (χ3n) is 7.55. The van der Waals surface area contributed by atoms with Crippen LogP contribution in [0.4, 0.5) is 14.4 Å². The highest BCUT2D eigenvalue weighted by atomic mass is 32.3. The molecule has 0 spiro atoms. The van der Waals surface area contributed by atoms with Gasteiger partial charge in [0.25, 0.3) is 0 Å². The van der Waals surface area contributed by atoms with Gasteiger partial charge in [0.1, 0.15) is 6.61 Å². The molecule has 3 aromatic rings. The van der Waals surface area contributed by atoms with E-state index in [9.17, 15) is 17.1 Å². The summed E-state index contributed by atoms with van der Waals surface area (Å²) in [6.45, 7) is 5.22. The average molecular weight is 566 g/mol. The lowest BCUT2D eigenvalue weighted by molar-refractivity contribution is 0.0976. The molecule has 1 aliphatic carbocycles. The Kier molecular flexibility index (Phi) is 7.55. The Balaban J connectivity index is 1.29. The summed E-state index contributed by atoms with van der Waals surface area (Å²) in [5.41, 5.74) is 15.7. The van der Waals surface area contributed by atoms with Gasteiger partial charge in [0, 0.05) is 48.3 Å². The first kappa shape index (κ1) is 27.3. The summed E-state index contributed by atoms with van der Waals surface area (Å²) >= 11 is 0. The van der Waals surface area contributed by atoms with E-state index in [-0.39, 0.29) is 24.8 Å². The first-order valence-corrected chi connectivity index (χ1v) is 14.1.